The zero-order valence-electron chi connectivity index (χ0n) is 5.70. The Balaban J connectivity index is 2.06. The van der Waals surface area contributed by atoms with Crippen LogP contribution in [0.2, 0.25) is 0 Å². The van der Waals surface area contributed by atoms with Crippen molar-refractivity contribution < 1.29 is 9.13 Å². The summed E-state index contributed by atoms with van der Waals surface area (Å²) in [7, 11) is 0. The van der Waals surface area contributed by atoms with Gasteiger partial charge in [0.2, 0.25) is 0 Å². The molecular weight excluding hydrogens is 199 g/mol. The zero-order chi connectivity index (χ0) is 7.24. The van der Waals surface area contributed by atoms with E-state index in [-0.39, 0.29) is 12.3 Å². The molecular formula is C7H10BrFO. The molecule has 1 saturated carbocycles. The van der Waals surface area contributed by atoms with Crippen LogP contribution < -0.4 is 0 Å². The van der Waals surface area contributed by atoms with Gasteiger partial charge in [-0.25, -0.2) is 4.39 Å². The van der Waals surface area contributed by atoms with E-state index in [1.54, 1.807) is 0 Å². The summed E-state index contributed by atoms with van der Waals surface area (Å²) in [6.07, 6.45) is 1.84. The van der Waals surface area contributed by atoms with Gasteiger partial charge in [0, 0.05) is 10.7 Å². The van der Waals surface area contributed by atoms with Crippen molar-refractivity contribution in [1.82, 2.24) is 0 Å². The molecule has 0 aromatic carbocycles. The molecule has 3 fully saturated rings. The monoisotopic (exact) mass is 208 g/mol. The third-order valence-corrected chi connectivity index (χ3v) is 3.80. The van der Waals surface area contributed by atoms with E-state index in [1.807, 2.05) is 0 Å². The van der Waals surface area contributed by atoms with Crippen molar-refractivity contribution >= 4 is 15.9 Å². The first-order valence-electron chi connectivity index (χ1n) is 3.50. The van der Waals surface area contributed by atoms with Crippen LogP contribution >= 0.6 is 15.9 Å². The molecule has 0 amide bonds. The van der Waals surface area contributed by atoms with E-state index in [1.165, 1.54) is 0 Å². The zero-order valence-corrected chi connectivity index (χ0v) is 7.29. The predicted octanol–water partition coefficient (Wildman–Crippen LogP) is 1.90. The van der Waals surface area contributed by atoms with E-state index in [0.717, 1.165) is 24.8 Å². The highest BCUT2D eigenvalue weighted by molar-refractivity contribution is 9.09. The number of hydrogen-bond acceptors (Lipinski definition) is 1. The van der Waals surface area contributed by atoms with Crippen molar-refractivity contribution in [2.45, 2.75) is 18.4 Å². The number of alkyl halides is 2. The molecule has 1 aliphatic carbocycles. The lowest BCUT2D eigenvalue weighted by Crippen LogP contribution is -2.46. The van der Waals surface area contributed by atoms with Crippen LogP contribution in [0.1, 0.15) is 12.8 Å². The van der Waals surface area contributed by atoms with Gasteiger partial charge in [-0.2, -0.15) is 0 Å². The summed E-state index contributed by atoms with van der Waals surface area (Å²) in [6.45, 7) is 0.448. The Morgan fingerprint density at radius 1 is 1.50 bits per heavy atom. The SMILES string of the molecule is FCC12CC(CBr)(CO1)C2. The quantitative estimate of drug-likeness (QED) is 0.631. The van der Waals surface area contributed by atoms with E-state index in [4.69, 9.17) is 4.74 Å². The first kappa shape index (κ1) is 7.04. The molecule has 0 aromatic rings. The summed E-state index contributed by atoms with van der Waals surface area (Å²) < 4.78 is 17.6. The second-order valence-corrected chi connectivity index (χ2v) is 4.15. The molecule has 2 aliphatic heterocycles. The van der Waals surface area contributed by atoms with Crippen LogP contribution in [-0.2, 0) is 4.74 Å². The first-order chi connectivity index (χ1) is 4.74. The van der Waals surface area contributed by atoms with Gasteiger partial charge in [-0.05, 0) is 12.8 Å². The minimum Gasteiger partial charge on any atom is -0.372 e. The van der Waals surface area contributed by atoms with E-state index in [0.29, 0.717) is 5.41 Å². The fraction of sp³-hybridized carbons (Fsp3) is 1.00. The molecule has 0 radical (unpaired) electrons. The molecule has 3 aliphatic rings. The molecule has 1 nitrogen and oxygen atoms in total. The summed E-state index contributed by atoms with van der Waals surface area (Å²) in [5, 5.41) is 0.960. The van der Waals surface area contributed by atoms with Gasteiger partial charge in [0.25, 0.3) is 0 Å². The minimum atomic E-state index is -0.353. The standard InChI is InChI=1S/C7H10BrFO/c8-3-6-1-7(2-6,4-9)10-5-6/h1-5H2. The smallest absolute Gasteiger partial charge is 0.118 e. The van der Waals surface area contributed by atoms with E-state index in [9.17, 15) is 4.39 Å². The fourth-order valence-corrected chi connectivity index (χ4v) is 2.65. The van der Waals surface area contributed by atoms with Crippen LogP contribution in [0.25, 0.3) is 0 Å². The van der Waals surface area contributed by atoms with E-state index < -0.39 is 0 Å². The highest BCUT2D eigenvalue weighted by Crippen LogP contribution is 2.58. The molecule has 2 bridgehead atoms. The highest BCUT2D eigenvalue weighted by Gasteiger charge is 2.61. The molecule has 3 heteroatoms. The lowest BCUT2D eigenvalue weighted by Gasteiger charge is -2.41. The maximum absolute atomic E-state index is 12.3. The average molecular weight is 209 g/mol. The average Bonchev–Trinajstić information content (AvgIpc) is 2.40. The number of ether oxygens (including phenoxy) is 1. The van der Waals surface area contributed by atoms with Crippen LogP contribution in [0.4, 0.5) is 4.39 Å². The van der Waals surface area contributed by atoms with E-state index >= 15 is 0 Å². The van der Waals surface area contributed by atoms with Gasteiger partial charge >= 0.3 is 0 Å². The number of fused-ring (bicyclic) bond motifs is 1. The molecule has 0 N–H and O–H groups in total. The van der Waals surface area contributed by atoms with Crippen molar-refractivity contribution in [3.8, 4) is 0 Å². The van der Waals surface area contributed by atoms with Gasteiger partial charge in [0.1, 0.15) is 6.67 Å². The minimum absolute atomic E-state index is 0.298. The third-order valence-electron chi connectivity index (χ3n) is 2.61. The maximum Gasteiger partial charge on any atom is 0.118 e. The van der Waals surface area contributed by atoms with Gasteiger partial charge in [-0.1, -0.05) is 15.9 Å². The summed E-state index contributed by atoms with van der Waals surface area (Å²) in [4.78, 5) is 0. The van der Waals surface area contributed by atoms with Crippen LogP contribution in [0.15, 0.2) is 0 Å². The largest absolute Gasteiger partial charge is 0.372 e. The Labute approximate surface area is 68.1 Å². The molecule has 3 rings (SSSR count). The topological polar surface area (TPSA) is 9.23 Å². The normalized spacial score (nSPS) is 51.0. The molecule has 2 saturated heterocycles. The van der Waals surface area contributed by atoms with Gasteiger partial charge in [0.15, 0.2) is 0 Å². The van der Waals surface area contributed by atoms with Crippen LogP contribution in [0.3, 0.4) is 0 Å². The summed E-state index contributed by atoms with van der Waals surface area (Å²) in [5.41, 5.74) is -0.0557. The number of rotatable bonds is 2. The molecule has 0 spiro atoms. The Hall–Kier alpha value is 0.370. The van der Waals surface area contributed by atoms with Gasteiger partial charge in [-0.15, -0.1) is 0 Å². The van der Waals surface area contributed by atoms with E-state index in [2.05, 4.69) is 15.9 Å². The number of hydrogen-bond donors (Lipinski definition) is 0. The molecule has 2 heterocycles. The van der Waals surface area contributed by atoms with Gasteiger partial charge in [0.05, 0.1) is 12.2 Å². The third kappa shape index (κ3) is 0.706. The molecule has 0 atom stereocenters. The van der Waals surface area contributed by atoms with Crippen molar-refractivity contribution in [3.05, 3.63) is 0 Å². The fourth-order valence-electron chi connectivity index (χ4n) is 2.09. The summed E-state index contributed by atoms with van der Waals surface area (Å²) in [5.74, 6) is 0. The Morgan fingerprint density at radius 3 is 2.50 bits per heavy atom. The van der Waals surface area contributed by atoms with Crippen molar-refractivity contribution in [3.63, 3.8) is 0 Å². The lowest BCUT2D eigenvalue weighted by molar-refractivity contribution is -0.0303. The second kappa shape index (κ2) is 1.95. The lowest BCUT2D eigenvalue weighted by atomic mass is 9.64. The number of halogens is 2. The van der Waals surface area contributed by atoms with Crippen LogP contribution in [0, 0.1) is 5.41 Å². The van der Waals surface area contributed by atoms with Crippen LogP contribution in [0.5, 0.6) is 0 Å². The first-order valence-corrected chi connectivity index (χ1v) is 4.62. The predicted molar refractivity (Wildman–Crippen MR) is 40.1 cm³/mol. The molecule has 0 aromatic heterocycles. The van der Waals surface area contributed by atoms with Gasteiger partial charge < -0.3 is 4.74 Å². The van der Waals surface area contributed by atoms with Gasteiger partial charge in [-0.3, -0.25) is 0 Å². The Morgan fingerprint density at radius 2 is 2.20 bits per heavy atom. The summed E-state index contributed by atoms with van der Waals surface area (Å²) >= 11 is 3.42. The molecule has 0 unspecified atom stereocenters. The van der Waals surface area contributed by atoms with Crippen molar-refractivity contribution in [2.75, 3.05) is 18.6 Å². The summed E-state index contributed by atoms with van der Waals surface area (Å²) in [6, 6.07) is 0. The Kier molecular flexibility index (Phi) is 1.37. The molecule has 10 heavy (non-hydrogen) atoms. The maximum atomic E-state index is 12.3. The highest BCUT2D eigenvalue weighted by atomic mass is 79.9. The van der Waals surface area contributed by atoms with Crippen molar-refractivity contribution in [2.24, 2.45) is 5.41 Å². The molecule has 58 valence electrons. The Bertz CT molecular complexity index is 138. The second-order valence-electron chi connectivity index (χ2n) is 3.59. The van der Waals surface area contributed by atoms with Crippen molar-refractivity contribution in [1.29, 1.82) is 0 Å². The van der Waals surface area contributed by atoms with Crippen LogP contribution in [-0.4, -0.2) is 24.2 Å².